The van der Waals surface area contributed by atoms with Gasteiger partial charge in [0.15, 0.2) is 0 Å². The van der Waals surface area contributed by atoms with E-state index in [4.69, 9.17) is 5.11 Å². The molecule has 0 bridgehead atoms. The highest BCUT2D eigenvalue weighted by Gasteiger charge is 2.24. The Morgan fingerprint density at radius 1 is 1.25 bits per heavy atom. The van der Waals surface area contributed by atoms with Crippen molar-refractivity contribution >= 4 is 12.0 Å². The highest BCUT2D eigenvalue weighted by molar-refractivity contribution is 5.76. The van der Waals surface area contributed by atoms with Crippen molar-refractivity contribution in [2.45, 2.75) is 58.0 Å². The predicted octanol–water partition coefficient (Wildman–Crippen LogP) is 1.41. The second-order valence-corrected chi connectivity index (χ2v) is 6.32. The van der Waals surface area contributed by atoms with E-state index in [1.165, 1.54) is 19.3 Å². The minimum Gasteiger partial charge on any atom is -0.481 e. The monoisotopic (exact) mass is 285 g/mol. The molecule has 0 aromatic heterocycles. The number of amides is 2. The predicted molar refractivity (Wildman–Crippen MR) is 77.8 cm³/mol. The fraction of sp³-hybridized carbons (Fsp3) is 0.857. The maximum Gasteiger partial charge on any atom is 0.315 e. The van der Waals surface area contributed by atoms with Crippen molar-refractivity contribution in [1.82, 2.24) is 15.5 Å². The fourth-order valence-corrected chi connectivity index (χ4v) is 2.56. The zero-order chi connectivity index (χ0) is 15.2. The van der Waals surface area contributed by atoms with Gasteiger partial charge in [-0.1, -0.05) is 6.42 Å². The molecule has 1 saturated heterocycles. The highest BCUT2D eigenvalue weighted by Crippen LogP contribution is 2.09. The third-order valence-corrected chi connectivity index (χ3v) is 3.40. The lowest BCUT2D eigenvalue weighted by Gasteiger charge is -2.30. The first-order chi connectivity index (χ1) is 9.28. The average Bonchev–Trinajstić information content (AvgIpc) is 2.26. The van der Waals surface area contributed by atoms with Gasteiger partial charge in [0.2, 0.25) is 0 Å². The van der Waals surface area contributed by atoms with Crippen LogP contribution in [0.3, 0.4) is 0 Å². The van der Waals surface area contributed by atoms with E-state index in [1.54, 1.807) is 13.8 Å². The lowest BCUT2D eigenvalue weighted by atomic mass is 10.0. The van der Waals surface area contributed by atoms with Crippen LogP contribution in [0, 0.1) is 0 Å². The van der Waals surface area contributed by atoms with Crippen molar-refractivity contribution in [3.63, 3.8) is 0 Å². The molecule has 1 unspecified atom stereocenters. The first-order valence-electron chi connectivity index (χ1n) is 7.31. The number of rotatable bonds is 6. The quantitative estimate of drug-likeness (QED) is 0.689. The molecule has 1 rings (SSSR count). The number of carbonyl (C=O) groups is 2. The van der Waals surface area contributed by atoms with E-state index in [9.17, 15) is 9.59 Å². The van der Waals surface area contributed by atoms with Gasteiger partial charge in [-0.05, 0) is 46.7 Å². The molecule has 116 valence electrons. The van der Waals surface area contributed by atoms with Crippen LogP contribution in [0.4, 0.5) is 4.79 Å². The number of nitrogens with one attached hydrogen (secondary N) is 2. The smallest absolute Gasteiger partial charge is 0.315 e. The SMILES string of the molecule is CC(CN1CCCCC1)NC(=O)NC(C)(C)CC(=O)O. The Hall–Kier alpha value is -1.30. The van der Waals surface area contributed by atoms with Gasteiger partial charge in [-0.3, -0.25) is 4.79 Å². The molecule has 0 spiro atoms. The Kier molecular flexibility index (Phi) is 6.26. The molecule has 6 nitrogen and oxygen atoms in total. The van der Waals surface area contributed by atoms with Crippen LogP contribution in [0.1, 0.15) is 46.5 Å². The molecule has 0 saturated carbocycles. The number of hydrogen-bond acceptors (Lipinski definition) is 3. The first-order valence-corrected chi connectivity index (χ1v) is 7.31. The summed E-state index contributed by atoms with van der Waals surface area (Å²) in [5, 5.41) is 14.4. The molecule has 1 aliphatic heterocycles. The number of nitrogens with zero attached hydrogens (tertiary/aromatic N) is 1. The highest BCUT2D eigenvalue weighted by atomic mass is 16.4. The fourth-order valence-electron chi connectivity index (χ4n) is 2.56. The molecule has 0 radical (unpaired) electrons. The summed E-state index contributed by atoms with van der Waals surface area (Å²) >= 11 is 0. The number of piperidine rings is 1. The Labute approximate surface area is 120 Å². The lowest BCUT2D eigenvalue weighted by molar-refractivity contribution is -0.138. The number of urea groups is 1. The van der Waals surface area contributed by atoms with Crippen LogP contribution in [0.15, 0.2) is 0 Å². The van der Waals surface area contributed by atoms with E-state index < -0.39 is 11.5 Å². The van der Waals surface area contributed by atoms with Crippen LogP contribution >= 0.6 is 0 Å². The number of likely N-dealkylation sites (tertiary alicyclic amines) is 1. The van der Waals surface area contributed by atoms with E-state index in [2.05, 4.69) is 15.5 Å². The molecule has 6 heteroatoms. The molecule has 0 aromatic rings. The molecule has 1 fully saturated rings. The zero-order valence-electron chi connectivity index (χ0n) is 12.7. The van der Waals surface area contributed by atoms with Gasteiger partial charge in [0.25, 0.3) is 0 Å². The van der Waals surface area contributed by atoms with Crippen molar-refractivity contribution in [1.29, 1.82) is 0 Å². The number of carboxylic acids is 1. The van der Waals surface area contributed by atoms with Crippen LogP contribution in [-0.4, -0.2) is 53.2 Å². The summed E-state index contributed by atoms with van der Waals surface area (Å²) in [6, 6.07) is -0.255. The van der Waals surface area contributed by atoms with Gasteiger partial charge in [0, 0.05) is 18.1 Å². The van der Waals surface area contributed by atoms with Crippen molar-refractivity contribution < 1.29 is 14.7 Å². The average molecular weight is 285 g/mol. The van der Waals surface area contributed by atoms with Gasteiger partial charge in [0.05, 0.1) is 6.42 Å². The maximum atomic E-state index is 11.9. The van der Waals surface area contributed by atoms with Crippen molar-refractivity contribution in [3.05, 3.63) is 0 Å². The summed E-state index contributed by atoms with van der Waals surface area (Å²) in [6.45, 7) is 8.41. The standard InChI is InChI=1S/C14H27N3O3/c1-11(10-17-7-5-4-6-8-17)15-13(20)16-14(2,3)9-12(18)19/h11H,4-10H2,1-3H3,(H,18,19)(H2,15,16,20). The van der Waals surface area contributed by atoms with E-state index in [0.717, 1.165) is 19.6 Å². The number of aliphatic carboxylic acids is 1. The summed E-state index contributed by atoms with van der Waals surface area (Å²) in [6.07, 6.45) is 3.65. The first kappa shape index (κ1) is 16.8. The second-order valence-electron chi connectivity index (χ2n) is 6.32. The van der Waals surface area contributed by atoms with Crippen LogP contribution in [-0.2, 0) is 4.79 Å². The maximum absolute atomic E-state index is 11.9. The normalized spacial score (nSPS) is 18.4. The number of carbonyl (C=O) groups excluding carboxylic acids is 1. The minimum absolute atomic E-state index is 0.0497. The van der Waals surface area contributed by atoms with Crippen LogP contribution < -0.4 is 10.6 Å². The van der Waals surface area contributed by atoms with Gasteiger partial charge < -0.3 is 20.6 Å². The third-order valence-electron chi connectivity index (χ3n) is 3.40. The van der Waals surface area contributed by atoms with E-state index in [1.807, 2.05) is 6.92 Å². The topological polar surface area (TPSA) is 81.7 Å². The molecule has 3 N–H and O–H groups in total. The third kappa shape index (κ3) is 6.75. The molecule has 0 aromatic carbocycles. The summed E-state index contributed by atoms with van der Waals surface area (Å²) in [5.74, 6) is -0.920. The Bertz CT molecular complexity index is 339. The molecular formula is C14H27N3O3. The molecule has 2 amide bonds. The molecule has 1 heterocycles. The van der Waals surface area contributed by atoms with E-state index in [-0.39, 0.29) is 18.5 Å². The Morgan fingerprint density at radius 2 is 1.85 bits per heavy atom. The molecule has 1 atom stereocenters. The molecule has 1 aliphatic rings. The number of hydrogen-bond donors (Lipinski definition) is 3. The molecule has 20 heavy (non-hydrogen) atoms. The summed E-state index contributed by atoms with van der Waals surface area (Å²) in [5.41, 5.74) is -0.749. The number of carboxylic acid groups (broad SMARTS) is 1. The van der Waals surface area contributed by atoms with Gasteiger partial charge in [0.1, 0.15) is 0 Å². The van der Waals surface area contributed by atoms with Gasteiger partial charge in [-0.2, -0.15) is 0 Å². The van der Waals surface area contributed by atoms with Gasteiger partial charge in [-0.15, -0.1) is 0 Å². The van der Waals surface area contributed by atoms with Gasteiger partial charge in [-0.25, -0.2) is 4.79 Å². The summed E-state index contributed by atoms with van der Waals surface area (Å²) < 4.78 is 0. The Balaban J connectivity index is 2.31. The van der Waals surface area contributed by atoms with Crippen molar-refractivity contribution in [3.8, 4) is 0 Å². The molecule has 0 aliphatic carbocycles. The summed E-state index contributed by atoms with van der Waals surface area (Å²) in [7, 11) is 0. The Morgan fingerprint density at radius 3 is 2.40 bits per heavy atom. The van der Waals surface area contributed by atoms with E-state index >= 15 is 0 Å². The van der Waals surface area contributed by atoms with Gasteiger partial charge >= 0.3 is 12.0 Å². The van der Waals surface area contributed by atoms with Crippen molar-refractivity contribution in [2.75, 3.05) is 19.6 Å². The minimum atomic E-state index is -0.920. The van der Waals surface area contributed by atoms with E-state index in [0.29, 0.717) is 0 Å². The van der Waals surface area contributed by atoms with Crippen LogP contribution in [0.25, 0.3) is 0 Å². The second kappa shape index (κ2) is 7.47. The van der Waals surface area contributed by atoms with Crippen molar-refractivity contribution in [2.24, 2.45) is 0 Å². The summed E-state index contributed by atoms with van der Waals surface area (Å²) in [4.78, 5) is 24.9. The zero-order valence-corrected chi connectivity index (χ0v) is 12.7. The largest absolute Gasteiger partial charge is 0.481 e. The van der Waals surface area contributed by atoms with Crippen LogP contribution in [0.2, 0.25) is 0 Å². The van der Waals surface area contributed by atoms with Crippen LogP contribution in [0.5, 0.6) is 0 Å². The molecular weight excluding hydrogens is 258 g/mol. The lowest BCUT2D eigenvalue weighted by Crippen LogP contribution is -2.53.